The number of aliphatic hydroxyl groups excluding tert-OH is 1. The quantitative estimate of drug-likeness (QED) is 0.308. The summed E-state index contributed by atoms with van der Waals surface area (Å²) in [5.41, 5.74) is 2.26. The number of thiazole rings is 1. The average molecular weight is 517 g/mol. The summed E-state index contributed by atoms with van der Waals surface area (Å²) < 4.78 is 28.7. The number of hydrogen-bond acceptors (Lipinski definition) is 7. The molecule has 1 saturated carbocycles. The lowest BCUT2D eigenvalue weighted by atomic mass is 9.93. The van der Waals surface area contributed by atoms with Crippen LogP contribution in [-0.2, 0) is 10.0 Å². The van der Waals surface area contributed by atoms with Crippen LogP contribution in [0.2, 0.25) is 0 Å². The van der Waals surface area contributed by atoms with Gasteiger partial charge in [-0.15, -0.1) is 0 Å². The van der Waals surface area contributed by atoms with E-state index < -0.39 is 10.0 Å². The van der Waals surface area contributed by atoms with E-state index in [1.807, 2.05) is 6.07 Å². The molecule has 0 atom stereocenters. The lowest BCUT2D eigenvalue weighted by Gasteiger charge is -2.25. The van der Waals surface area contributed by atoms with E-state index in [-0.39, 0.29) is 28.8 Å². The van der Waals surface area contributed by atoms with Crippen molar-refractivity contribution in [3.05, 3.63) is 53.7 Å². The number of nitrogens with one attached hydrogen (secondary N) is 3. The molecule has 0 saturated heterocycles. The van der Waals surface area contributed by atoms with Crippen LogP contribution in [0.25, 0.3) is 10.4 Å². The normalized spacial score (nSPS) is 18.1. The molecule has 0 spiro atoms. The molecular weight excluding hydrogens is 488 g/mol. The lowest BCUT2D eigenvalue weighted by Crippen LogP contribution is -2.40. The second-order valence-electron chi connectivity index (χ2n) is 8.67. The van der Waals surface area contributed by atoms with Gasteiger partial charge in [-0.3, -0.25) is 10.0 Å². The number of benzene rings is 2. The standard InChI is InChI=1S/C24H28N4O5S2/c1-14-3-4-16(13-21(14)35(32,33)28-18-7-11-20(30)12-8-18)22-15(2)25-24(34-22)27-23(31)26-17-5-9-19(29)10-6-17/h3-4,7-8,11-13,17,19,28-30H,5-6,9-10H2,1-2H3,(H2,25,26,27,31)/t17-,19-. The number of aromatic nitrogens is 1. The summed E-state index contributed by atoms with van der Waals surface area (Å²) in [6.45, 7) is 3.52. The molecule has 11 heteroatoms. The van der Waals surface area contributed by atoms with Gasteiger partial charge in [0.1, 0.15) is 5.75 Å². The second-order valence-corrected chi connectivity index (χ2v) is 11.3. The summed E-state index contributed by atoms with van der Waals surface area (Å²) in [5, 5.41) is 25.2. The number of rotatable bonds is 6. The topological polar surface area (TPSA) is 141 Å². The molecule has 0 aliphatic heterocycles. The van der Waals surface area contributed by atoms with E-state index in [1.54, 1.807) is 26.0 Å². The number of phenols is 1. The van der Waals surface area contributed by atoms with E-state index in [9.17, 15) is 23.4 Å². The molecule has 2 amide bonds. The molecule has 186 valence electrons. The van der Waals surface area contributed by atoms with Crippen molar-refractivity contribution in [2.24, 2.45) is 0 Å². The number of urea groups is 1. The highest BCUT2D eigenvalue weighted by atomic mass is 32.2. The fourth-order valence-corrected chi connectivity index (χ4v) is 6.32. The van der Waals surface area contributed by atoms with Crippen molar-refractivity contribution in [3.8, 4) is 16.2 Å². The van der Waals surface area contributed by atoms with E-state index in [1.165, 1.54) is 35.6 Å². The molecule has 1 aliphatic rings. The molecule has 1 aromatic heterocycles. The van der Waals surface area contributed by atoms with Crippen LogP contribution in [0.4, 0.5) is 15.6 Å². The van der Waals surface area contributed by atoms with Gasteiger partial charge in [-0.05, 0) is 81.0 Å². The molecule has 9 nitrogen and oxygen atoms in total. The average Bonchev–Trinajstić information content (AvgIpc) is 3.16. The number of hydrogen-bond donors (Lipinski definition) is 5. The Morgan fingerprint density at radius 3 is 2.43 bits per heavy atom. The van der Waals surface area contributed by atoms with Gasteiger partial charge in [-0.1, -0.05) is 23.5 Å². The summed E-state index contributed by atoms with van der Waals surface area (Å²) in [7, 11) is -3.88. The largest absolute Gasteiger partial charge is 0.508 e. The Morgan fingerprint density at radius 2 is 1.74 bits per heavy atom. The molecule has 4 rings (SSSR count). The van der Waals surface area contributed by atoms with Gasteiger partial charge in [0, 0.05) is 11.7 Å². The number of carbonyl (C=O) groups excluding carboxylic acids is 1. The first kappa shape index (κ1) is 25.0. The number of anilines is 2. The van der Waals surface area contributed by atoms with Gasteiger partial charge in [0.05, 0.1) is 21.6 Å². The summed E-state index contributed by atoms with van der Waals surface area (Å²) >= 11 is 1.27. The predicted octanol–water partition coefficient (Wildman–Crippen LogP) is 4.36. The van der Waals surface area contributed by atoms with Crippen molar-refractivity contribution in [3.63, 3.8) is 0 Å². The molecular formula is C24H28N4O5S2. The maximum absolute atomic E-state index is 13.1. The maximum atomic E-state index is 13.1. The molecule has 1 aliphatic carbocycles. The maximum Gasteiger partial charge on any atom is 0.321 e. The monoisotopic (exact) mass is 516 g/mol. The van der Waals surface area contributed by atoms with Crippen LogP contribution in [0.15, 0.2) is 47.4 Å². The molecule has 0 unspecified atom stereocenters. The van der Waals surface area contributed by atoms with Crippen molar-refractivity contribution in [1.29, 1.82) is 0 Å². The molecule has 35 heavy (non-hydrogen) atoms. The SMILES string of the molecule is Cc1ccc(-c2sc(NC(=O)N[C@H]3CC[C@H](O)CC3)nc2C)cc1S(=O)(=O)Nc1ccc(O)cc1. The van der Waals surface area contributed by atoms with Crippen molar-refractivity contribution in [2.45, 2.75) is 56.6 Å². The Bertz CT molecular complexity index is 1310. The summed E-state index contributed by atoms with van der Waals surface area (Å²) in [5.74, 6) is 0.0439. The Kier molecular flexibility index (Phi) is 7.29. The number of sulfonamides is 1. The number of phenolic OH excluding ortho intramolecular Hbond substituents is 1. The zero-order valence-electron chi connectivity index (χ0n) is 19.4. The van der Waals surface area contributed by atoms with Crippen LogP contribution >= 0.6 is 11.3 Å². The first-order valence-corrected chi connectivity index (χ1v) is 13.6. The van der Waals surface area contributed by atoms with Gasteiger partial charge in [-0.2, -0.15) is 0 Å². The summed E-state index contributed by atoms with van der Waals surface area (Å²) in [6.07, 6.45) is 2.52. The molecule has 3 aromatic rings. The minimum absolute atomic E-state index is 0.0184. The van der Waals surface area contributed by atoms with E-state index in [4.69, 9.17) is 0 Å². The number of aliphatic hydroxyl groups is 1. The van der Waals surface area contributed by atoms with E-state index in [0.717, 1.165) is 17.7 Å². The van der Waals surface area contributed by atoms with E-state index >= 15 is 0 Å². The third kappa shape index (κ3) is 6.11. The first-order valence-electron chi connectivity index (χ1n) is 11.3. The number of nitrogens with zero attached hydrogens (tertiary/aromatic N) is 1. The van der Waals surface area contributed by atoms with Crippen LogP contribution in [0, 0.1) is 13.8 Å². The zero-order chi connectivity index (χ0) is 25.2. The van der Waals surface area contributed by atoms with Crippen molar-refractivity contribution < 1.29 is 23.4 Å². The van der Waals surface area contributed by atoms with Gasteiger partial charge in [0.2, 0.25) is 0 Å². The van der Waals surface area contributed by atoms with Gasteiger partial charge in [0.25, 0.3) is 10.0 Å². The van der Waals surface area contributed by atoms with Crippen LogP contribution in [0.3, 0.4) is 0 Å². The van der Waals surface area contributed by atoms with Crippen LogP contribution < -0.4 is 15.4 Å². The lowest BCUT2D eigenvalue weighted by molar-refractivity contribution is 0.118. The number of amides is 2. The minimum atomic E-state index is -3.88. The van der Waals surface area contributed by atoms with Crippen LogP contribution in [0.1, 0.15) is 36.9 Å². The van der Waals surface area contributed by atoms with Crippen molar-refractivity contribution in [1.82, 2.24) is 10.3 Å². The van der Waals surface area contributed by atoms with Crippen LogP contribution in [0.5, 0.6) is 5.75 Å². The number of aryl methyl sites for hydroxylation is 2. The highest BCUT2D eigenvalue weighted by Crippen LogP contribution is 2.35. The summed E-state index contributed by atoms with van der Waals surface area (Å²) in [4.78, 5) is 17.7. The first-order chi connectivity index (χ1) is 16.6. The molecule has 1 heterocycles. The molecule has 1 fully saturated rings. The van der Waals surface area contributed by atoms with Crippen molar-refractivity contribution in [2.75, 3.05) is 10.0 Å². The fraction of sp³-hybridized carbons (Fsp3) is 0.333. The number of carbonyl (C=O) groups is 1. The third-order valence-electron chi connectivity index (χ3n) is 5.91. The highest BCUT2D eigenvalue weighted by Gasteiger charge is 2.22. The van der Waals surface area contributed by atoms with Gasteiger partial charge >= 0.3 is 6.03 Å². The Balaban J connectivity index is 1.51. The zero-order valence-corrected chi connectivity index (χ0v) is 21.0. The minimum Gasteiger partial charge on any atom is -0.508 e. The van der Waals surface area contributed by atoms with Gasteiger partial charge in [-0.25, -0.2) is 18.2 Å². The predicted molar refractivity (Wildman–Crippen MR) is 136 cm³/mol. The third-order valence-corrected chi connectivity index (χ3v) is 8.55. The van der Waals surface area contributed by atoms with E-state index in [2.05, 4.69) is 20.3 Å². The molecule has 5 N–H and O–H groups in total. The fourth-order valence-electron chi connectivity index (χ4n) is 4.03. The summed E-state index contributed by atoms with van der Waals surface area (Å²) in [6, 6.07) is 10.6. The Morgan fingerprint density at radius 1 is 1.06 bits per heavy atom. The molecule has 2 aromatic carbocycles. The second kappa shape index (κ2) is 10.2. The highest BCUT2D eigenvalue weighted by molar-refractivity contribution is 7.92. The Labute approximate surface area is 208 Å². The van der Waals surface area contributed by atoms with Gasteiger partial charge in [0.15, 0.2) is 5.13 Å². The number of aromatic hydroxyl groups is 1. The van der Waals surface area contributed by atoms with E-state index in [0.29, 0.717) is 40.5 Å². The smallest absolute Gasteiger partial charge is 0.321 e. The Hall–Kier alpha value is -3.15. The van der Waals surface area contributed by atoms with Gasteiger partial charge < -0.3 is 15.5 Å². The molecule has 0 bridgehead atoms. The molecule has 0 radical (unpaired) electrons. The van der Waals surface area contributed by atoms with Crippen LogP contribution in [-0.4, -0.2) is 41.8 Å². The van der Waals surface area contributed by atoms with Crippen molar-refractivity contribution >= 4 is 38.2 Å².